The Hall–Kier alpha value is -3.93. The van der Waals surface area contributed by atoms with Gasteiger partial charge in [-0.25, -0.2) is 4.79 Å². The first-order valence-electron chi connectivity index (χ1n) is 8.99. The molecule has 29 heavy (non-hydrogen) atoms. The van der Waals surface area contributed by atoms with Crippen LogP contribution in [0.2, 0.25) is 0 Å². The van der Waals surface area contributed by atoms with E-state index in [1.165, 1.54) is 6.07 Å². The van der Waals surface area contributed by atoms with Gasteiger partial charge in [-0.1, -0.05) is 65.3 Å². The zero-order chi connectivity index (χ0) is 21.0. The average molecular weight is 387 g/mol. The van der Waals surface area contributed by atoms with Crippen molar-refractivity contribution >= 4 is 23.3 Å². The number of hydrogen-bond donors (Lipinski definition) is 2. The van der Waals surface area contributed by atoms with Gasteiger partial charge in [0.2, 0.25) is 0 Å². The molecule has 6 heteroatoms. The molecular weight excluding hydrogens is 366 g/mol. The van der Waals surface area contributed by atoms with Crippen molar-refractivity contribution in [3.8, 4) is 0 Å². The molecule has 0 saturated carbocycles. The highest BCUT2D eigenvalue weighted by atomic mass is 16.7. The fraction of sp³-hybridized carbons (Fsp3) is 0.0870. The summed E-state index contributed by atoms with van der Waals surface area (Å²) in [5, 5.41) is 3.74. The van der Waals surface area contributed by atoms with Crippen LogP contribution in [0.3, 0.4) is 0 Å². The topological polar surface area (TPSA) is 108 Å². The maximum Gasteiger partial charge on any atom is 0.366 e. The lowest BCUT2D eigenvalue weighted by atomic mass is 9.98. The highest BCUT2D eigenvalue weighted by Crippen LogP contribution is 2.18. The van der Waals surface area contributed by atoms with Crippen LogP contribution in [0.5, 0.6) is 0 Å². The third-order valence-electron chi connectivity index (χ3n) is 4.58. The van der Waals surface area contributed by atoms with Crippen LogP contribution in [0, 0.1) is 13.8 Å². The molecule has 0 aliphatic heterocycles. The van der Waals surface area contributed by atoms with Crippen molar-refractivity contribution in [2.24, 2.45) is 10.9 Å². The van der Waals surface area contributed by atoms with Crippen molar-refractivity contribution in [3.63, 3.8) is 0 Å². The van der Waals surface area contributed by atoms with E-state index >= 15 is 0 Å². The number of benzene rings is 3. The van der Waals surface area contributed by atoms with Crippen LogP contribution < -0.4 is 11.5 Å². The van der Waals surface area contributed by atoms with Gasteiger partial charge in [0.1, 0.15) is 0 Å². The molecular formula is C23H21N3O3. The number of rotatable bonds is 5. The van der Waals surface area contributed by atoms with E-state index in [0.717, 1.165) is 11.1 Å². The molecule has 0 aromatic heterocycles. The van der Waals surface area contributed by atoms with E-state index in [4.69, 9.17) is 16.3 Å². The van der Waals surface area contributed by atoms with Crippen LogP contribution in [0.25, 0.3) is 0 Å². The Labute approximate surface area is 168 Å². The number of carbonyl (C=O) groups is 2. The van der Waals surface area contributed by atoms with Crippen molar-refractivity contribution < 1.29 is 14.4 Å². The van der Waals surface area contributed by atoms with Crippen molar-refractivity contribution in [2.75, 3.05) is 5.73 Å². The van der Waals surface area contributed by atoms with E-state index in [1.807, 2.05) is 19.1 Å². The van der Waals surface area contributed by atoms with Gasteiger partial charge in [-0.05, 0) is 31.5 Å². The van der Waals surface area contributed by atoms with E-state index in [9.17, 15) is 9.59 Å². The summed E-state index contributed by atoms with van der Waals surface area (Å²) >= 11 is 0. The number of hydrogen-bond acceptors (Lipinski definition) is 5. The predicted molar refractivity (Wildman–Crippen MR) is 113 cm³/mol. The van der Waals surface area contributed by atoms with Gasteiger partial charge in [-0.2, -0.15) is 0 Å². The van der Waals surface area contributed by atoms with Crippen LogP contribution in [0.1, 0.15) is 43.0 Å². The normalized spacial score (nSPS) is 11.2. The number of amidine groups is 1. The summed E-state index contributed by atoms with van der Waals surface area (Å²) in [6.45, 7) is 3.73. The SMILES string of the molecule is Cc1ccc(C(=O)c2ccccc2C(=O)O/N=C(\N)c2cccc(N)c2C)cc1. The zero-order valence-electron chi connectivity index (χ0n) is 16.2. The number of nitrogen functional groups attached to an aromatic ring is 1. The number of nitrogens with zero attached hydrogens (tertiary/aromatic N) is 1. The minimum atomic E-state index is -0.773. The Balaban J connectivity index is 1.86. The van der Waals surface area contributed by atoms with E-state index < -0.39 is 5.97 Å². The van der Waals surface area contributed by atoms with Crippen molar-refractivity contribution in [2.45, 2.75) is 13.8 Å². The molecule has 4 N–H and O–H groups in total. The van der Waals surface area contributed by atoms with Crippen molar-refractivity contribution in [1.29, 1.82) is 0 Å². The van der Waals surface area contributed by atoms with Crippen molar-refractivity contribution in [3.05, 3.63) is 100 Å². The molecule has 0 aliphatic carbocycles. The second kappa shape index (κ2) is 8.39. The summed E-state index contributed by atoms with van der Waals surface area (Å²) in [7, 11) is 0. The van der Waals surface area contributed by atoms with Gasteiger partial charge in [0.15, 0.2) is 11.6 Å². The summed E-state index contributed by atoms with van der Waals surface area (Å²) in [6.07, 6.45) is 0. The maximum atomic E-state index is 12.8. The standard InChI is InChI=1S/C23H21N3O3/c1-14-10-12-16(13-11-14)21(27)18-6-3-4-7-19(18)23(28)29-26-22(25)17-8-5-9-20(24)15(17)2/h3-13H,24H2,1-2H3,(H2,25,26). The van der Waals surface area contributed by atoms with Crippen LogP contribution >= 0.6 is 0 Å². The largest absolute Gasteiger partial charge is 0.398 e. The predicted octanol–water partition coefficient (Wildman–Crippen LogP) is 3.59. The number of oxime groups is 1. The highest BCUT2D eigenvalue weighted by Gasteiger charge is 2.19. The number of aryl methyl sites for hydroxylation is 1. The van der Waals surface area contributed by atoms with Gasteiger partial charge >= 0.3 is 5.97 Å². The molecule has 3 aromatic carbocycles. The van der Waals surface area contributed by atoms with E-state index in [0.29, 0.717) is 16.8 Å². The molecule has 0 amide bonds. The fourth-order valence-corrected chi connectivity index (χ4v) is 2.84. The van der Waals surface area contributed by atoms with E-state index in [2.05, 4.69) is 5.16 Å². The second-order valence-corrected chi connectivity index (χ2v) is 6.62. The van der Waals surface area contributed by atoms with Gasteiger partial charge in [0.25, 0.3) is 0 Å². The smallest absolute Gasteiger partial charge is 0.366 e. The van der Waals surface area contributed by atoms with Crippen LogP contribution in [-0.2, 0) is 4.84 Å². The monoisotopic (exact) mass is 387 g/mol. The fourth-order valence-electron chi connectivity index (χ4n) is 2.84. The summed E-state index contributed by atoms with van der Waals surface area (Å²) in [5.74, 6) is -1.03. The molecule has 3 rings (SSSR count). The molecule has 6 nitrogen and oxygen atoms in total. The Morgan fingerprint density at radius 2 is 1.45 bits per heavy atom. The molecule has 0 heterocycles. The van der Waals surface area contributed by atoms with Crippen molar-refractivity contribution in [1.82, 2.24) is 0 Å². The Kier molecular flexibility index (Phi) is 5.74. The molecule has 0 saturated heterocycles. The lowest BCUT2D eigenvalue weighted by Gasteiger charge is -2.09. The van der Waals surface area contributed by atoms with Gasteiger partial charge in [-0.15, -0.1) is 0 Å². The van der Waals surface area contributed by atoms with Crippen LogP contribution in [0.15, 0.2) is 71.9 Å². The quantitative estimate of drug-likeness (QED) is 0.174. The lowest BCUT2D eigenvalue weighted by molar-refractivity contribution is 0.0513. The average Bonchev–Trinajstić information content (AvgIpc) is 2.73. The Morgan fingerprint density at radius 1 is 0.828 bits per heavy atom. The summed E-state index contributed by atoms with van der Waals surface area (Å²) in [4.78, 5) is 30.4. The molecule has 3 aromatic rings. The number of nitrogens with two attached hydrogens (primary N) is 2. The number of ketones is 1. The molecule has 0 radical (unpaired) electrons. The maximum absolute atomic E-state index is 12.8. The van der Waals surface area contributed by atoms with E-state index in [1.54, 1.807) is 55.5 Å². The van der Waals surface area contributed by atoms with Gasteiger partial charge in [0.05, 0.1) is 5.56 Å². The zero-order valence-corrected chi connectivity index (χ0v) is 16.2. The molecule has 0 fully saturated rings. The first-order valence-corrected chi connectivity index (χ1v) is 8.99. The number of carbonyl (C=O) groups excluding carboxylic acids is 2. The van der Waals surface area contributed by atoms with Gasteiger partial charge < -0.3 is 16.3 Å². The third-order valence-corrected chi connectivity index (χ3v) is 4.58. The highest BCUT2D eigenvalue weighted by molar-refractivity contribution is 6.14. The Morgan fingerprint density at radius 3 is 2.14 bits per heavy atom. The molecule has 146 valence electrons. The molecule has 0 aliphatic rings. The minimum absolute atomic E-state index is 0.0190. The lowest BCUT2D eigenvalue weighted by Crippen LogP contribution is -2.18. The molecule has 0 atom stereocenters. The second-order valence-electron chi connectivity index (χ2n) is 6.62. The molecule has 0 spiro atoms. The van der Waals surface area contributed by atoms with E-state index in [-0.39, 0.29) is 22.7 Å². The van der Waals surface area contributed by atoms with Crippen LogP contribution in [-0.4, -0.2) is 17.6 Å². The molecule has 0 bridgehead atoms. The first-order chi connectivity index (χ1) is 13.9. The van der Waals surface area contributed by atoms with Gasteiger partial charge in [0, 0.05) is 22.4 Å². The minimum Gasteiger partial charge on any atom is -0.398 e. The molecule has 0 unspecified atom stereocenters. The van der Waals surface area contributed by atoms with Gasteiger partial charge in [-0.3, -0.25) is 4.79 Å². The first kappa shape index (κ1) is 19.8. The third kappa shape index (κ3) is 4.32. The summed E-state index contributed by atoms with van der Waals surface area (Å²) < 4.78 is 0. The number of anilines is 1. The summed E-state index contributed by atoms with van der Waals surface area (Å²) in [5.41, 5.74) is 15.5. The summed E-state index contributed by atoms with van der Waals surface area (Å²) in [6, 6.07) is 18.8. The van der Waals surface area contributed by atoms with Crippen LogP contribution in [0.4, 0.5) is 5.69 Å². The Bertz CT molecular complexity index is 1100.